The fraction of sp³-hybridized carbons (Fsp3) is 0.351. The van der Waals surface area contributed by atoms with E-state index in [0.29, 0.717) is 50.0 Å². The number of nitrogens with two attached hydrogens (primary N) is 1. The lowest BCUT2D eigenvalue weighted by molar-refractivity contribution is -0.142. The summed E-state index contributed by atoms with van der Waals surface area (Å²) < 4.78 is 132. The van der Waals surface area contributed by atoms with Gasteiger partial charge in [-0.1, -0.05) is 23.5 Å². The van der Waals surface area contributed by atoms with Gasteiger partial charge >= 0.3 is 6.18 Å². The number of carbonyl (C=O) groups is 2. The fourth-order valence-electron chi connectivity index (χ4n) is 8.34. The van der Waals surface area contributed by atoms with Crippen LogP contribution >= 0.6 is 11.3 Å². The van der Waals surface area contributed by atoms with Crippen molar-refractivity contribution in [1.29, 1.82) is 0 Å². The van der Waals surface area contributed by atoms with Crippen molar-refractivity contribution < 1.29 is 48.7 Å². The van der Waals surface area contributed by atoms with E-state index in [1.54, 1.807) is 36.2 Å². The third kappa shape index (κ3) is 6.76. The molecule has 9 rings (SSSR count). The van der Waals surface area contributed by atoms with E-state index in [9.17, 15) is 40.0 Å². The van der Waals surface area contributed by atoms with Gasteiger partial charge in [0.25, 0.3) is 5.92 Å². The summed E-state index contributed by atoms with van der Waals surface area (Å²) in [5.74, 6) is -9.67. The van der Waals surface area contributed by atoms with E-state index in [1.165, 1.54) is 16.0 Å². The lowest BCUT2D eigenvalue weighted by atomic mass is 9.94. The third-order valence-electron chi connectivity index (χ3n) is 11.0. The summed E-state index contributed by atoms with van der Waals surface area (Å²) in [5.41, 5.74) is 3.65. The molecule has 2 amide bonds. The molecule has 2 fully saturated rings. The zero-order chi connectivity index (χ0) is 42.8. The number of alkyl halides is 5. The van der Waals surface area contributed by atoms with Crippen molar-refractivity contribution >= 4 is 65.4 Å². The maximum Gasteiger partial charge on any atom is 0.435 e. The fourth-order valence-corrected chi connectivity index (χ4v) is 9.86. The molecule has 4 atom stereocenters. The Balaban J connectivity index is 1.20. The van der Waals surface area contributed by atoms with Crippen LogP contribution in [0.5, 0.6) is 0 Å². The number of hydrogen-bond donors (Lipinski definition) is 3. The van der Waals surface area contributed by atoms with Crippen LogP contribution in [0.15, 0.2) is 42.5 Å². The summed E-state index contributed by atoms with van der Waals surface area (Å²) in [6.07, 6.45) is -4.19. The Morgan fingerprint density at radius 1 is 1.07 bits per heavy atom. The SMILES string of the molecule is Cn1nc(NS(C)(=O)=O)c2cccc(-c3cc4sc(N5CCC5C(N)=O)nc4nc3[C@H](Cc3cc(F)cc(F)c3)NC(=O)Cn3nc(C(F)(F)F)c4c3C(F)(F)C3C[C@H]43)c21. The molecule has 314 valence electrons. The molecule has 1 saturated heterocycles. The van der Waals surface area contributed by atoms with Crippen molar-refractivity contribution in [3.63, 3.8) is 0 Å². The van der Waals surface area contributed by atoms with Gasteiger partial charge in [-0.05, 0) is 55.0 Å². The standard InChI is InChI=1S/C37H31F7N10O4S2/c1-52-29-18(4-3-5-19(29)33(50-52)51-60(2,57)58)20-13-25-34(48-35(59-25)53-7-6-24(53)32(45)56)47-28(20)23(10-15-8-16(38)11-17(39)9-15)46-26(55)14-54-31-27(30(49-54)37(42,43)44)21-12-22(21)36(31,40)41/h3-5,8-9,11,13,21-24H,6-7,10,12,14H2,1-2H3,(H2,45,56)(H,46,55)(H,50,51)/t21-,22?,23-,24?/m0/s1. The predicted octanol–water partition coefficient (Wildman–Crippen LogP) is 5.48. The molecule has 14 nitrogen and oxygen atoms in total. The van der Waals surface area contributed by atoms with Gasteiger partial charge < -0.3 is 16.0 Å². The molecule has 3 aliphatic rings. The van der Waals surface area contributed by atoms with Gasteiger partial charge in [0.05, 0.1) is 28.2 Å². The molecule has 6 aromatic rings. The van der Waals surface area contributed by atoms with Crippen LogP contribution in [0.2, 0.25) is 0 Å². The van der Waals surface area contributed by atoms with Crippen molar-refractivity contribution in [3.05, 3.63) is 82.3 Å². The molecule has 1 aliphatic heterocycles. The number of carbonyl (C=O) groups excluding carboxylic acids is 2. The average molecular weight is 877 g/mol. The zero-order valence-electron chi connectivity index (χ0n) is 31.2. The number of aryl methyl sites for hydroxylation is 1. The van der Waals surface area contributed by atoms with Crippen LogP contribution in [0.1, 0.15) is 53.0 Å². The Bertz CT molecular complexity index is 2890. The van der Waals surface area contributed by atoms with Crippen LogP contribution in [0.3, 0.4) is 0 Å². The van der Waals surface area contributed by atoms with Crippen LogP contribution in [0, 0.1) is 17.6 Å². The molecule has 60 heavy (non-hydrogen) atoms. The molecule has 5 heterocycles. The normalized spacial score (nSPS) is 19.9. The van der Waals surface area contributed by atoms with Crippen molar-refractivity contribution in [2.75, 3.05) is 22.4 Å². The number of fused-ring (bicyclic) bond motifs is 5. The van der Waals surface area contributed by atoms with E-state index < -0.39 is 93.0 Å². The highest BCUT2D eigenvalue weighted by Gasteiger charge is 2.68. The van der Waals surface area contributed by atoms with E-state index in [-0.39, 0.29) is 41.1 Å². The first-order chi connectivity index (χ1) is 28.2. The summed E-state index contributed by atoms with van der Waals surface area (Å²) >= 11 is 1.17. The first kappa shape index (κ1) is 39.6. The number of halogens is 7. The second-order valence-corrected chi connectivity index (χ2v) is 17.9. The molecular weight excluding hydrogens is 846 g/mol. The Morgan fingerprint density at radius 2 is 1.80 bits per heavy atom. The molecule has 0 radical (unpaired) electrons. The van der Waals surface area contributed by atoms with Gasteiger partial charge in [0.2, 0.25) is 21.8 Å². The van der Waals surface area contributed by atoms with Crippen molar-refractivity contribution in [1.82, 2.24) is 34.8 Å². The molecule has 4 N–H and O–H groups in total. The number of primary amides is 1. The number of nitrogens with one attached hydrogen (secondary N) is 2. The minimum absolute atomic E-state index is 0.0118. The number of nitrogens with zero attached hydrogens (tertiary/aromatic N) is 7. The Hall–Kier alpha value is -5.84. The highest BCUT2D eigenvalue weighted by Crippen LogP contribution is 2.68. The third-order valence-corrected chi connectivity index (χ3v) is 12.5. The number of anilines is 2. The van der Waals surface area contributed by atoms with Gasteiger partial charge in [0.1, 0.15) is 29.9 Å². The number of thiazole rings is 1. The summed E-state index contributed by atoms with van der Waals surface area (Å²) in [6, 6.07) is 7.16. The van der Waals surface area contributed by atoms with Gasteiger partial charge in [-0.15, -0.1) is 0 Å². The number of sulfonamides is 1. The van der Waals surface area contributed by atoms with E-state index in [0.717, 1.165) is 18.4 Å². The van der Waals surface area contributed by atoms with Gasteiger partial charge in [-0.2, -0.15) is 37.1 Å². The number of amides is 2. The van der Waals surface area contributed by atoms with Crippen LogP contribution < -0.4 is 20.7 Å². The minimum atomic E-state index is -5.08. The number of pyridine rings is 1. The van der Waals surface area contributed by atoms with Crippen LogP contribution in [-0.2, 0) is 51.7 Å². The topological polar surface area (TPSA) is 183 Å². The molecule has 0 spiro atoms. The minimum Gasteiger partial charge on any atom is -0.368 e. The maximum absolute atomic E-state index is 15.5. The highest BCUT2D eigenvalue weighted by molar-refractivity contribution is 7.92. The first-order valence-electron chi connectivity index (χ1n) is 18.3. The van der Waals surface area contributed by atoms with Crippen LogP contribution in [-0.4, -0.2) is 68.6 Å². The van der Waals surface area contributed by atoms with E-state index in [1.807, 2.05) is 0 Å². The first-order valence-corrected chi connectivity index (χ1v) is 21.0. The molecule has 0 bridgehead atoms. The number of benzene rings is 2. The Labute approximate surface area is 338 Å². The molecule has 4 aromatic heterocycles. The quantitative estimate of drug-likeness (QED) is 0.142. The number of hydrogen-bond acceptors (Lipinski definition) is 10. The largest absolute Gasteiger partial charge is 0.435 e. The maximum atomic E-state index is 15.5. The van der Waals surface area contributed by atoms with Gasteiger partial charge in [0, 0.05) is 47.7 Å². The van der Waals surface area contributed by atoms with Gasteiger partial charge in [0.15, 0.2) is 22.3 Å². The summed E-state index contributed by atoms with van der Waals surface area (Å²) in [7, 11) is -2.25. The number of aromatic nitrogens is 6. The molecule has 23 heteroatoms. The number of para-hydroxylation sites is 1. The zero-order valence-corrected chi connectivity index (χ0v) is 32.8. The van der Waals surface area contributed by atoms with Gasteiger partial charge in [-0.25, -0.2) is 22.2 Å². The molecule has 2 unspecified atom stereocenters. The molecule has 2 aliphatic carbocycles. The van der Waals surface area contributed by atoms with Crippen molar-refractivity contribution in [2.45, 2.75) is 55.9 Å². The Morgan fingerprint density at radius 3 is 2.45 bits per heavy atom. The smallest absolute Gasteiger partial charge is 0.368 e. The summed E-state index contributed by atoms with van der Waals surface area (Å²) in [5, 5.41) is 11.2. The number of rotatable bonds is 11. The lowest BCUT2D eigenvalue weighted by Gasteiger charge is -2.38. The highest BCUT2D eigenvalue weighted by atomic mass is 32.2. The summed E-state index contributed by atoms with van der Waals surface area (Å²) in [4.78, 5) is 37.3. The van der Waals surface area contributed by atoms with Gasteiger partial charge in [-0.3, -0.25) is 23.7 Å². The Kier molecular flexibility index (Phi) is 8.97. The van der Waals surface area contributed by atoms with E-state index >= 15 is 8.78 Å². The van der Waals surface area contributed by atoms with E-state index in [4.69, 9.17) is 10.7 Å². The van der Waals surface area contributed by atoms with E-state index in [2.05, 4.69) is 25.2 Å². The second-order valence-electron chi connectivity index (χ2n) is 15.1. The van der Waals surface area contributed by atoms with Crippen molar-refractivity contribution in [2.24, 2.45) is 18.7 Å². The van der Waals surface area contributed by atoms with Crippen molar-refractivity contribution in [3.8, 4) is 11.1 Å². The second kappa shape index (κ2) is 13.6. The molecular formula is C37H31F7N10O4S2. The summed E-state index contributed by atoms with van der Waals surface area (Å²) in [6.45, 7) is -0.629. The van der Waals surface area contributed by atoms with Crippen LogP contribution in [0.25, 0.3) is 32.4 Å². The lowest BCUT2D eigenvalue weighted by Crippen LogP contribution is -2.55. The van der Waals surface area contributed by atoms with Crippen LogP contribution in [0.4, 0.5) is 41.7 Å². The monoisotopic (exact) mass is 876 g/mol. The predicted molar refractivity (Wildman–Crippen MR) is 203 cm³/mol. The average Bonchev–Trinajstić information content (AvgIpc) is 3.39. The molecule has 1 saturated carbocycles. The molecule has 2 aromatic carbocycles.